The molecule has 7 heteroatoms. The van der Waals surface area contributed by atoms with E-state index in [9.17, 15) is 9.59 Å². The number of hydrogen-bond donors (Lipinski definition) is 1. The highest BCUT2D eigenvalue weighted by Gasteiger charge is 2.21. The van der Waals surface area contributed by atoms with Gasteiger partial charge in [0.2, 0.25) is 5.91 Å². The molecule has 32 heavy (non-hydrogen) atoms. The number of amides is 2. The highest BCUT2D eigenvalue weighted by molar-refractivity contribution is 6.00. The van der Waals surface area contributed by atoms with Gasteiger partial charge in [0.25, 0.3) is 5.91 Å². The highest BCUT2D eigenvalue weighted by Crippen LogP contribution is 2.27. The Labute approximate surface area is 188 Å². The lowest BCUT2D eigenvalue weighted by Crippen LogP contribution is -2.30. The molecule has 3 aromatic rings. The van der Waals surface area contributed by atoms with Gasteiger partial charge < -0.3 is 15.0 Å². The van der Waals surface area contributed by atoms with Crippen LogP contribution in [0.4, 0.5) is 0 Å². The molecule has 166 valence electrons. The summed E-state index contributed by atoms with van der Waals surface area (Å²) < 4.78 is 7.08. The molecule has 0 atom stereocenters. The molecule has 0 radical (unpaired) electrons. The second-order valence-electron chi connectivity index (χ2n) is 8.00. The number of nitrogens with zero attached hydrogens (tertiary/aromatic N) is 3. The van der Waals surface area contributed by atoms with E-state index in [2.05, 4.69) is 5.32 Å². The van der Waals surface area contributed by atoms with Crippen LogP contribution in [0.15, 0.2) is 54.7 Å². The molecule has 2 heterocycles. The number of carbonyl (C=O) groups excluding carboxylic acids is 2. The quantitative estimate of drug-likeness (QED) is 0.552. The van der Waals surface area contributed by atoms with Crippen LogP contribution in [0, 0.1) is 6.92 Å². The predicted octanol–water partition coefficient (Wildman–Crippen LogP) is 3.60. The second-order valence-corrected chi connectivity index (χ2v) is 8.00. The van der Waals surface area contributed by atoms with Gasteiger partial charge in [-0.05, 0) is 44.0 Å². The lowest BCUT2D eigenvalue weighted by molar-refractivity contribution is -0.127. The Hall–Kier alpha value is -3.61. The van der Waals surface area contributed by atoms with E-state index < -0.39 is 0 Å². The lowest BCUT2D eigenvalue weighted by atomic mass is 10.1. The summed E-state index contributed by atoms with van der Waals surface area (Å²) in [5.74, 6) is 0.721. The van der Waals surface area contributed by atoms with Crippen molar-refractivity contribution in [2.75, 3.05) is 26.7 Å². The van der Waals surface area contributed by atoms with Gasteiger partial charge in [0, 0.05) is 37.8 Å². The fourth-order valence-electron chi connectivity index (χ4n) is 3.86. The number of rotatable bonds is 8. The molecular formula is C25H28N4O3. The standard InChI is InChI=1S/C25H28N4O3/c1-18-9-11-20(12-10-18)29-17-22(24(27-29)19-6-3-7-21(16-19)32-2)25(31)26-13-5-15-28-14-4-8-23(28)30/h3,6-7,9-12,16-17H,4-5,8,13-15H2,1-2H3,(H,26,31). The second kappa shape index (κ2) is 9.68. The predicted molar refractivity (Wildman–Crippen MR) is 123 cm³/mol. The van der Waals surface area contributed by atoms with E-state index >= 15 is 0 Å². The highest BCUT2D eigenvalue weighted by atomic mass is 16.5. The van der Waals surface area contributed by atoms with Crippen LogP contribution in [-0.2, 0) is 4.79 Å². The summed E-state index contributed by atoms with van der Waals surface area (Å²) >= 11 is 0. The average molecular weight is 433 g/mol. The smallest absolute Gasteiger partial charge is 0.255 e. The van der Waals surface area contributed by atoms with Crippen LogP contribution in [0.2, 0.25) is 0 Å². The topological polar surface area (TPSA) is 76.5 Å². The molecule has 1 fully saturated rings. The van der Waals surface area contributed by atoms with Crippen LogP contribution >= 0.6 is 0 Å². The molecule has 1 saturated heterocycles. The van der Waals surface area contributed by atoms with Gasteiger partial charge in [-0.1, -0.05) is 29.8 Å². The maximum atomic E-state index is 13.1. The first-order chi connectivity index (χ1) is 15.5. The Balaban J connectivity index is 1.55. The van der Waals surface area contributed by atoms with E-state index in [-0.39, 0.29) is 11.8 Å². The van der Waals surface area contributed by atoms with E-state index in [1.54, 1.807) is 18.0 Å². The van der Waals surface area contributed by atoms with Crippen molar-refractivity contribution >= 4 is 11.8 Å². The maximum Gasteiger partial charge on any atom is 0.255 e. The number of aryl methyl sites for hydroxylation is 1. The fourth-order valence-corrected chi connectivity index (χ4v) is 3.86. The first kappa shape index (κ1) is 21.6. The van der Waals surface area contributed by atoms with Crippen LogP contribution in [0.3, 0.4) is 0 Å². The molecule has 1 aliphatic heterocycles. The minimum Gasteiger partial charge on any atom is -0.497 e. The fraction of sp³-hybridized carbons (Fsp3) is 0.320. The van der Waals surface area contributed by atoms with Crippen molar-refractivity contribution in [1.29, 1.82) is 0 Å². The average Bonchev–Trinajstić information content (AvgIpc) is 3.44. The Kier molecular flexibility index (Phi) is 6.54. The summed E-state index contributed by atoms with van der Waals surface area (Å²) in [6.45, 7) is 4.01. The van der Waals surface area contributed by atoms with Gasteiger partial charge >= 0.3 is 0 Å². The minimum absolute atomic E-state index is 0.186. The number of carbonyl (C=O) groups is 2. The van der Waals surface area contributed by atoms with Crippen molar-refractivity contribution in [3.63, 3.8) is 0 Å². The summed E-state index contributed by atoms with van der Waals surface area (Å²) in [5, 5.41) is 7.71. The number of hydrogen-bond acceptors (Lipinski definition) is 4. The zero-order valence-corrected chi connectivity index (χ0v) is 18.5. The van der Waals surface area contributed by atoms with Gasteiger partial charge in [-0.3, -0.25) is 9.59 Å². The Morgan fingerprint density at radius 1 is 1.19 bits per heavy atom. The SMILES string of the molecule is COc1cccc(-c2nn(-c3ccc(C)cc3)cc2C(=O)NCCCN2CCCC2=O)c1. The zero-order chi connectivity index (χ0) is 22.5. The third-order valence-electron chi connectivity index (χ3n) is 5.66. The summed E-state index contributed by atoms with van der Waals surface area (Å²) in [6.07, 6.45) is 4.04. The molecule has 2 aromatic carbocycles. The van der Waals surface area contributed by atoms with E-state index in [4.69, 9.17) is 9.84 Å². The molecule has 7 nitrogen and oxygen atoms in total. The Morgan fingerprint density at radius 2 is 2.00 bits per heavy atom. The van der Waals surface area contributed by atoms with Crippen molar-refractivity contribution < 1.29 is 14.3 Å². The van der Waals surface area contributed by atoms with Gasteiger partial charge in [-0.15, -0.1) is 0 Å². The normalized spacial score (nSPS) is 13.4. The minimum atomic E-state index is -0.186. The molecule has 0 bridgehead atoms. The molecule has 2 amide bonds. The van der Waals surface area contributed by atoms with Crippen molar-refractivity contribution in [3.8, 4) is 22.7 Å². The zero-order valence-electron chi connectivity index (χ0n) is 18.5. The largest absolute Gasteiger partial charge is 0.497 e. The van der Waals surface area contributed by atoms with Crippen LogP contribution in [-0.4, -0.2) is 53.2 Å². The summed E-state index contributed by atoms with van der Waals surface area (Å²) in [4.78, 5) is 26.7. The van der Waals surface area contributed by atoms with E-state index in [1.165, 1.54) is 0 Å². The first-order valence-electron chi connectivity index (χ1n) is 10.9. The van der Waals surface area contributed by atoms with Crippen LogP contribution < -0.4 is 10.1 Å². The molecule has 1 aromatic heterocycles. The molecule has 0 spiro atoms. The van der Waals surface area contributed by atoms with Crippen LogP contribution in [0.25, 0.3) is 16.9 Å². The van der Waals surface area contributed by atoms with E-state index in [1.807, 2.05) is 60.4 Å². The van der Waals surface area contributed by atoms with Gasteiger partial charge in [-0.25, -0.2) is 4.68 Å². The number of likely N-dealkylation sites (tertiary alicyclic amines) is 1. The number of benzene rings is 2. The third-order valence-corrected chi connectivity index (χ3v) is 5.66. The van der Waals surface area contributed by atoms with Crippen molar-refractivity contribution in [2.45, 2.75) is 26.2 Å². The molecular weight excluding hydrogens is 404 g/mol. The van der Waals surface area contributed by atoms with E-state index in [0.717, 1.165) is 36.2 Å². The lowest BCUT2D eigenvalue weighted by Gasteiger charge is -2.15. The van der Waals surface area contributed by atoms with Crippen LogP contribution in [0.5, 0.6) is 5.75 Å². The molecule has 0 unspecified atom stereocenters. The summed E-state index contributed by atoms with van der Waals surface area (Å²) in [7, 11) is 1.61. The number of aromatic nitrogens is 2. The number of ether oxygens (including phenoxy) is 1. The number of nitrogens with one attached hydrogen (secondary N) is 1. The van der Waals surface area contributed by atoms with Gasteiger partial charge in [0.15, 0.2) is 0 Å². The maximum absolute atomic E-state index is 13.1. The molecule has 0 aliphatic carbocycles. The monoisotopic (exact) mass is 432 g/mol. The van der Waals surface area contributed by atoms with Crippen LogP contribution in [0.1, 0.15) is 35.2 Å². The molecule has 4 rings (SSSR count). The Bertz CT molecular complexity index is 1100. The summed E-state index contributed by atoms with van der Waals surface area (Å²) in [6, 6.07) is 15.5. The van der Waals surface area contributed by atoms with E-state index in [0.29, 0.717) is 36.5 Å². The van der Waals surface area contributed by atoms with Gasteiger partial charge in [-0.2, -0.15) is 5.10 Å². The molecule has 1 N–H and O–H groups in total. The summed E-state index contributed by atoms with van der Waals surface area (Å²) in [5.41, 5.74) is 3.94. The van der Waals surface area contributed by atoms with Gasteiger partial charge in [0.05, 0.1) is 18.4 Å². The van der Waals surface area contributed by atoms with Crippen molar-refractivity contribution in [2.24, 2.45) is 0 Å². The Morgan fingerprint density at radius 3 is 2.72 bits per heavy atom. The molecule has 0 saturated carbocycles. The molecule has 1 aliphatic rings. The van der Waals surface area contributed by atoms with Gasteiger partial charge in [0.1, 0.15) is 11.4 Å². The van der Waals surface area contributed by atoms with Crippen molar-refractivity contribution in [3.05, 3.63) is 65.9 Å². The third kappa shape index (κ3) is 4.82. The number of methoxy groups -OCH3 is 1. The first-order valence-corrected chi connectivity index (χ1v) is 10.9. The van der Waals surface area contributed by atoms with Crippen molar-refractivity contribution in [1.82, 2.24) is 20.0 Å².